The summed E-state index contributed by atoms with van der Waals surface area (Å²) in [5.74, 6) is -2.82. The number of unbranched alkanes of at least 4 members (excludes halogenated alkanes) is 3. The lowest BCUT2D eigenvalue weighted by molar-refractivity contribution is -0.125. The Kier molecular flexibility index (Phi) is 22.1. The van der Waals surface area contributed by atoms with Gasteiger partial charge in [0.25, 0.3) is 0 Å². The molecule has 18 nitrogen and oxygen atoms in total. The van der Waals surface area contributed by atoms with Crippen molar-refractivity contribution < 1.29 is 28.8 Å². The van der Waals surface area contributed by atoms with E-state index in [0.717, 1.165) is 16.7 Å². The lowest BCUT2D eigenvalue weighted by Crippen LogP contribution is -2.46. The van der Waals surface area contributed by atoms with Gasteiger partial charge in [0.2, 0.25) is 35.4 Å². The van der Waals surface area contributed by atoms with Gasteiger partial charge in [0.1, 0.15) is 18.1 Å². The monoisotopic (exact) mass is 845 g/mol. The Bertz CT molecular complexity index is 1630. The number of nitrogens with one attached hydrogen (secondary N) is 6. The van der Waals surface area contributed by atoms with E-state index in [4.69, 9.17) is 34.4 Å². The molecule has 3 aromatic rings. The summed E-state index contributed by atoms with van der Waals surface area (Å²) in [6.45, 7) is 0.653. The Labute approximate surface area is 357 Å². The van der Waals surface area contributed by atoms with Crippen molar-refractivity contribution in [3.05, 3.63) is 89.5 Å². The Morgan fingerprint density at radius 1 is 0.377 bits per heavy atom. The van der Waals surface area contributed by atoms with Crippen LogP contribution in [0.3, 0.4) is 0 Å². The second kappa shape index (κ2) is 27.2. The summed E-state index contributed by atoms with van der Waals surface area (Å²) in [7, 11) is 0. The third-order valence-corrected chi connectivity index (χ3v) is 9.89. The van der Waals surface area contributed by atoms with Crippen LogP contribution in [0.4, 0.5) is 17.1 Å². The molecule has 0 fully saturated rings. The summed E-state index contributed by atoms with van der Waals surface area (Å²) in [6.07, 6.45) is 5.23. The minimum Gasteiger partial charge on any atom is -0.343 e. The van der Waals surface area contributed by atoms with Crippen molar-refractivity contribution in [2.24, 2.45) is 34.4 Å². The molecule has 0 aliphatic carbocycles. The van der Waals surface area contributed by atoms with Crippen LogP contribution in [-0.4, -0.2) is 92.8 Å². The topological polar surface area (TPSA) is 331 Å². The molecular weight excluding hydrogens is 781 g/mol. The molecule has 0 aliphatic heterocycles. The summed E-state index contributed by atoms with van der Waals surface area (Å²) in [6, 6.07) is 19.5. The van der Waals surface area contributed by atoms with Gasteiger partial charge in [-0.05, 0) is 131 Å². The number of carbonyl (C=O) groups excluding carboxylic acids is 6. The maximum absolute atomic E-state index is 13.3. The molecule has 0 radical (unpaired) electrons. The predicted molar refractivity (Wildman–Crippen MR) is 238 cm³/mol. The fraction of sp³-hybridized carbons (Fsp3) is 0.442. The molecule has 332 valence electrons. The van der Waals surface area contributed by atoms with Gasteiger partial charge in [0, 0.05) is 23.0 Å². The van der Waals surface area contributed by atoms with E-state index in [1.165, 1.54) is 0 Å². The Hall–Kier alpha value is -5.76. The van der Waals surface area contributed by atoms with E-state index in [9.17, 15) is 28.8 Å². The van der Waals surface area contributed by atoms with Crippen molar-refractivity contribution >= 4 is 52.5 Å². The van der Waals surface area contributed by atoms with Crippen molar-refractivity contribution in [1.29, 1.82) is 0 Å². The quantitative estimate of drug-likeness (QED) is 0.0367. The molecule has 6 amide bonds. The third kappa shape index (κ3) is 17.0. The minimum atomic E-state index is -0.788. The fourth-order valence-corrected chi connectivity index (χ4v) is 6.59. The maximum Gasteiger partial charge on any atom is 0.246 e. The molecule has 0 bridgehead atoms. The van der Waals surface area contributed by atoms with E-state index in [0.29, 0.717) is 94.5 Å². The average Bonchev–Trinajstić information content (AvgIpc) is 3.26. The van der Waals surface area contributed by atoms with Crippen LogP contribution in [0.2, 0.25) is 0 Å². The molecule has 0 spiro atoms. The zero-order valence-corrected chi connectivity index (χ0v) is 34.8. The number of carbonyl (C=O) groups is 6. The number of nitrogens with two attached hydrogens (primary N) is 6. The van der Waals surface area contributed by atoms with Gasteiger partial charge in [-0.3, -0.25) is 28.8 Å². The number of rotatable bonds is 27. The summed E-state index contributed by atoms with van der Waals surface area (Å²) in [5, 5.41) is 16.7. The number of anilines is 3. The molecule has 3 rings (SSSR count). The molecule has 0 saturated carbocycles. The molecule has 3 aromatic carbocycles. The normalized spacial score (nSPS) is 12.4. The van der Waals surface area contributed by atoms with Gasteiger partial charge in [0.15, 0.2) is 0 Å². The van der Waals surface area contributed by atoms with Crippen LogP contribution in [0.1, 0.15) is 80.4 Å². The van der Waals surface area contributed by atoms with Gasteiger partial charge >= 0.3 is 0 Å². The molecule has 0 heterocycles. The van der Waals surface area contributed by atoms with Crippen molar-refractivity contribution in [2.45, 2.75) is 81.8 Å². The minimum absolute atomic E-state index is 0.247. The van der Waals surface area contributed by atoms with Crippen LogP contribution in [0.5, 0.6) is 0 Å². The summed E-state index contributed by atoms with van der Waals surface area (Å²) in [4.78, 5) is 76.0. The summed E-state index contributed by atoms with van der Waals surface area (Å²) >= 11 is 0. The van der Waals surface area contributed by atoms with Crippen LogP contribution in [0.15, 0.2) is 72.8 Å². The van der Waals surface area contributed by atoms with Gasteiger partial charge in [-0.2, -0.15) is 0 Å². The van der Waals surface area contributed by atoms with Crippen molar-refractivity contribution in [1.82, 2.24) is 16.0 Å². The van der Waals surface area contributed by atoms with Gasteiger partial charge in [-0.1, -0.05) is 36.4 Å². The largest absolute Gasteiger partial charge is 0.343 e. The van der Waals surface area contributed by atoms with Crippen molar-refractivity contribution in [3.63, 3.8) is 0 Å². The molecule has 0 aliphatic rings. The second-order valence-electron chi connectivity index (χ2n) is 14.6. The standard InChI is InChI=1S/C43H64N12O6/c44-22-4-1-7-34(53-37(56)25-47)41(59)50-31-16-10-28(11-17-31)40(29-12-18-32(19-13-29)51-42(60)35(8-2-5-23-45)54-38(57)26-48)30-14-20-33(21-15-30)52-43(61)36(9-3-6-24-46)55-39(58)27-49/h10-21,34-36,40H,1-9,22-27,44-49H2,(H,50,59)(H,51,60)(H,52,61)(H,53,56)(H,54,57)(H,55,58)/t34-,35-,36-/m1/s1. The average molecular weight is 845 g/mol. The SMILES string of the molecule is NCCCC[C@@H](NC(=O)CN)C(=O)Nc1ccc(C(c2ccc(NC(=O)[C@@H](CCCCN)NC(=O)CN)cc2)c2ccc(NC(=O)[C@@H](CCCCN)NC(=O)CN)cc2)cc1. The number of hydrogen-bond acceptors (Lipinski definition) is 12. The molecule has 3 atom stereocenters. The number of amides is 6. The second-order valence-corrected chi connectivity index (χ2v) is 14.6. The predicted octanol–water partition coefficient (Wildman–Crippen LogP) is 0.400. The van der Waals surface area contributed by atoms with Gasteiger partial charge in [0.05, 0.1) is 19.6 Å². The highest BCUT2D eigenvalue weighted by Crippen LogP contribution is 2.34. The lowest BCUT2D eigenvalue weighted by Gasteiger charge is -2.22. The first-order valence-electron chi connectivity index (χ1n) is 20.8. The maximum atomic E-state index is 13.3. The van der Waals surface area contributed by atoms with Crippen molar-refractivity contribution in [2.75, 3.05) is 55.2 Å². The van der Waals surface area contributed by atoms with E-state index >= 15 is 0 Å². The molecule has 0 saturated heterocycles. The van der Waals surface area contributed by atoms with Crippen LogP contribution in [-0.2, 0) is 28.8 Å². The molecule has 0 unspecified atom stereocenters. The van der Waals surface area contributed by atoms with Crippen molar-refractivity contribution in [3.8, 4) is 0 Å². The molecule has 0 aromatic heterocycles. The van der Waals surface area contributed by atoms with Crippen LogP contribution in [0, 0.1) is 0 Å². The van der Waals surface area contributed by atoms with Gasteiger partial charge < -0.3 is 66.3 Å². The van der Waals surface area contributed by atoms with E-state index in [1.54, 1.807) is 36.4 Å². The highest BCUT2D eigenvalue weighted by atomic mass is 16.2. The van der Waals surface area contributed by atoms with Gasteiger partial charge in [-0.15, -0.1) is 0 Å². The zero-order valence-electron chi connectivity index (χ0n) is 34.8. The van der Waals surface area contributed by atoms with E-state index < -0.39 is 35.8 Å². The number of benzene rings is 3. The zero-order chi connectivity index (χ0) is 44.6. The molecule has 18 N–H and O–H groups in total. The van der Waals surface area contributed by atoms with E-state index in [2.05, 4.69) is 31.9 Å². The van der Waals surface area contributed by atoms with Crippen LogP contribution in [0.25, 0.3) is 0 Å². The first-order valence-corrected chi connectivity index (χ1v) is 20.8. The van der Waals surface area contributed by atoms with E-state index in [-0.39, 0.29) is 43.3 Å². The number of hydrogen-bond donors (Lipinski definition) is 12. The summed E-state index contributed by atoms with van der Waals surface area (Å²) < 4.78 is 0. The smallest absolute Gasteiger partial charge is 0.246 e. The Morgan fingerprint density at radius 2 is 0.623 bits per heavy atom. The Morgan fingerprint density at radius 3 is 0.836 bits per heavy atom. The summed E-state index contributed by atoms with van der Waals surface area (Å²) in [5.41, 5.74) is 37.5. The molecular formula is C43H64N12O6. The fourth-order valence-electron chi connectivity index (χ4n) is 6.59. The lowest BCUT2D eigenvalue weighted by atomic mass is 9.85. The molecule has 61 heavy (non-hydrogen) atoms. The third-order valence-electron chi connectivity index (χ3n) is 9.89. The molecule has 18 heteroatoms. The Balaban J connectivity index is 1.93. The highest BCUT2D eigenvalue weighted by molar-refractivity contribution is 5.99. The highest BCUT2D eigenvalue weighted by Gasteiger charge is 2.24. The first-order chi connectivity index (χ1) is 29.5. The van der Waals surface area contributed by atoms with Crippen LogP contribution >= 0.6 is 0 Å². The first kappa shape index (κ1) is 49.6. The van der Waals surface area contributed by atoms with E-state index in [1.807, 2.05) is 36.4 Å². The van der Waals surface area contributed by atoms with Gasteiger partial charge in [-0.25, -0.2) is 0 Å². The van der Waals surface area contributed by atoms with Crippen LogP contribution < -0.4 is 66.3 Å².